The molecule has 3 heterocycles. The molecular formula is C24H24BrN5O5. The third-order valence-corrected chi connectivity index (χ3v) is 7.98. The molecule has 35 heavy (non-hydrogen) atoms. The molecule has 0 bridgehead atoms. The second-order valence-corrected chi connectivity index (χ2v) is 9.31. The Kier molecular flexibility index (Phi) is 5.55. The normalized spacial score (nSPS) is 26.5. The Morgan fingerprint density at radius 3 is 2.43 bits per heavy atom. The number of nitriles is 1. The minimum Gasteiger partial charge on any atom is -0.493 e. The number of methoxy groups -OCH3 is 3. The molecule has 1 amide bonds. The number of carbonyl (C=O) groups is 1. The predicted molar refractivity (Wildman–Crippen MR) is 129 cm³/mol. The van der Waals surface area contributed by atoms with E-state index in [2.05, 4.69) is 38.2 Å². The number of aryl methyl sites for hydroxylation is 1. The number of hydrogen-bond acceptors (Lipinski definition) is 9. The van der Waals surface area contributed by atoms with E-state index in [-0.39, 0.29) is 17.4 Å². The Hall–Kier alpha value is -3.46. The first-order valence-corrected chi connectivity index (χ1v) is 11.6. The number of halogens is 1. The van der Waals surface area contributed by atoms with Crippen LogP contribution in [0.3, 0.4) is 0 Å². The molecule has 4 unspecified atom stereocenters. The summed E-state index contributed by atoms with van der Waals surface area (Å²) in [4.78, 5) is 13.9. The average Bonchev–Trinajstić information content (AvgIpc) is 3.40. The maximum atomic E-state index is 13.9. The maximum absolute atomic E-state index is 13.9. The zero-order valence-electron chi connectivity index (χ0n) is 19.5. The van der Waals surface area contributed by atoms with Gasteiger partial charge in [-0.3, -0.25) is 4.79 Å². The molecule has 0 radical (unpaired) electrons. The molecule has 4 atom stereocenters. The first-order valence-electron chi connectivity index (χ1n) is 10.8. The third kappa shape index (κ3) is 3.03. The minimum absolute atomic E-state index is 0.0595. The van der Waals surface area contributed by atoms with Gasteiger partial charge in [-0.25, -0.2) is 10.9 Å². The minimum atomic E-state index is -1.43. The number of benzene rings is 2. The molecule has 3 aliphatic rings. The summed E-state index contributed by atoms with van der Waals surface area (Å²) in [5, 5.41) is 13.2. The van der Waals surface area contributed by atoms with E-state index in [1.54, 1.807) is 0 Å². The van der Waals surface area contributed by atoms with Crippen LogP contribution < -0.4 is 36.1 Å². The van der Waals surface area contributed by atoms with Gasteiger partial charge in [0, 0.05) is 15.7 Å². The Labute approximate surface area is 210 Å². The first-order chi connectivity index (χ1) is 16.8. The summed E-state index contributed by atoms with van der Waals surface area (Å²) in [6, 6.07) is 9.03. The van der Waals surface area contributed by atoms with Gasteiger partial charge in [0.05, 0.1) is 33.3 Å². The van der Waals surface area contributed by atoms with E-state index in [1.165, 1.54) is 21.3 Å². The van der Waals surface area contributed by atoms with Gasteiger partial charge in [-0.2, -0.15) is 5.26 Å². The number of nitrogens with zero attached hydrogens (tertiary/aromatic N) is 1. The van der Waals surface area contributed by atoms with E-state index >= 15 is 0 Å². The zero-order chi connectivity index (χ0) is 25.1. The standard InChI is InChI=1S/C24H24BrN5O5/c1-10-5-6-13-16(18(10)25)24(23(31)28-13)12(9-26)21(27)35-22-17(24)19(29-30-22)11-7-14(32-2)20(34-4)15(8-11)33-3/h5-8,17,19,22,29-30H,27H2,1-4H3,(H,28,31). The molecule has 2 aromatic carbocycles. The Morgan fingerprint density at radius 1 is 1.14 bits per heavy atom. The second-order valence-electron chi connectivity index (χ2n) is 8.52. The van der Waals surface area contributed by atoms with Crippen LogP contribution in [-0.4, -0.2) is 33.5 Å². The highest BCUT2D eigenvalue weighted by Crippen LogP contribution is 2.59. The molecule has 5 N–H and O–H groups in total. The number of nitrogens with two attached hydrogens (primary N) is 1. The lowest BCUT2D eigenvalue weighted by atomic mass is 9.61. The fourth-order valence-corrected chi connectivity index (χ4v) is 6.10. The molecule has 0 saturated carbocycles. The second kappa shape index (κ2) is 8.34. The summed E-state index contributed by atoms with van der Waals surface area (Å²) in [5.74, 6) is 0.319. The summed E-state index contributed by atoms with van der Waals surface area (Å²) < 4.78 is 23.2. The number of hydrogen-bond donors (Lipinski definition) is 4. The van der Waals surface area contributed by atoms with Crippen LogP contribution in [0.5, 0.6) is 17.2 Å². The van der Waals surface area contributed by atoms with E-state index in [1.807, 2.05) is 31.2 Å². The highest BCUT2D eigenvalue weighted by atomic mass is 79.9. The van der Waals surface area contributed by atoms with Crippen molar-refractivity contribution in [2.24, 2.45) is 11.7 Å². The van der Waals surface area contributed by atoms with E-state index in [0.717, 1.165) is 15.6 Å². The van der Waals surface area contributed by atoms with Crippen LogP contribution >= 0.6 is 15.9 Å². The molecule has 182 valence electrons. The highest BCUT2D eigenvalue weighted by Gasteiger charge is 2.66. The van der Waals surface area contributed by atoms with Gasteiger partial charge in [0.25, 0.3) is 0 Å². The summed E-state index contributed by atoms with van der Waals surface area (Å²) in [7, 11) is 4.60. The lowest BCUT2D eigenvalue weighted by molar-refractivity contribution is -0.124. The van der Waals surface area contributed by atoms with Gasteiger partial charge in [0.15, 0.2) is 17.7 Å². The van der Waals surface area contributed by atoms with Crippen molar-refractivity contribution in [1.82, 2.24) is 10.9 Å². The molecule has 1 spiro atoms. The molecule has 1 fully saturated rings. The van der Waals surface area contributed by atoms with E-state index in [9.17, 15) is 10.1 Å². The largest absolute Gasteiger partial charge is 0.493 e. The van der Waals surface area contributed by atoms with Crippen molar-refractivity contribution in [3.8, 4) is 23.3 Å². The van der Waals surface area contributed by atoms with Crippen molar-refractivity contribution in [2.45, 2.75) is 24.6 Å². The fraction of sp³-hybridized carbons (Fsp3) is 0.333. The molecule has 0 aromatic heterocycles. The summed E-state index contributed by atoms with van der Waals surface area (Å²) in [6.07, 6.45) is -0.708. The number of hydrazine groups is 1. The van der Waals surface area contributed by atoms with E-state index < -0.39 is 23.6 Å². The van der Waals surface area contributed by atoms with Crippen molar-refractivity contribution >= 4 is 27.5 Å². The van der Waals surface area contributed by atoms with Crippen LogP contribution in [-0.2, 0) is 14.9 Å². The quantitative estimate of drug-likeness (QED) is 0.459. The van der Waals surface area contributed by atoms with Gasteiger partial charge < -0.3 is 30.0 Å². The smallest absolute Gasteiger partial charge is 0.241 e. The number of carbonyl (C=O) groups excluding carboxylic acids is 1. The van der Waals surface area contributed by atoms with Crippen LogP contribution in [0.2, 0.25) is 0 Å². The van der Waals surface area contributed by atoms with Crippen LogP contribution in [0.15, 0.2) is 40.2 Å². The van der Waals surface area contributed by atoms with Crippen molar-refractivity contribution in [2.75, 3.05) is 26.6 Å². The average molecular weight is 542 g/mol. The molecule has 0 aliphatic carbocycles. The van der Waals surface area contributed by atoms with Crippen LogP contribution in [0.1, 0.15) is 22.7 Å². The van der Waals surface area contributed by atoms with E-state index in [4.69, 9.17) is 24.7 Å². The Balaban J connectivity index is 1.79. The summed E-state index contributed by atoms with van der Waals surface area (Å²) in [6.45, 7) is 1.93. The van der Waals surface area contributed by atoms with Crippen molar-refractivity contribution in [3.05, 3.63) is 56.9 Å². The molecule has 2 aromatic rings. The number of fused-ring (bicyclic) bond motifs is 4. The van der Waals surface area contributed by atoms with Gasteiger partial charge in [0.1, 0.15) is 17.1 Å². The maximum Gasteiger partial charge on any atom is 0.241 e. The van der Waals surface area contributed by atoms with Gasteiger partial charge >= 0.3 is 0 Å². The highest BCUT2D eigenvalue weighted by molar-refractivity contribution is 9.10. The van der Waals surface area contributed by atoms with Gasteiger partial charge in [-0.15, -0.1) is 0 Å². The fourth-order valence-electron chi connectivity index (χ4n) is 5.44. The number of nitrogens with one attached hydrogen (secondary N) is 3. The monoisotopic (exact) mass is 541 g/mol. The molecule has 11 heteroatoms. The van der Waals surface area contributed by atoms with Crippen molar-refractivity contribution in [1.29, 1.82) is 5.26 Å². The third-order valence-electron chi connectivity index (χ3n) is 6.95. The number of anilines is 1. The zero-order valence-corrected chi connectivity index (χ0v) is 21.1. The Morgan fingerprint density at radius 2 is 1.83 bits per heavy atom. The number of ether oxygens (including phenoxy) is 4. The molecule has 1 saturated heterocycles. The first kappa shape index (κ1) is 23.3. The molecule has 5 rings (SSSR count). The summed E-state index contributed by atoms with van der Waals surface area (Å²) in [5.41, 5.74) is 14.2. The van der Waals surface area contributed by atoms with Gasteiger partial charge in [-0.1, -0.05) is 22.0 Å². The summed E-state index contributed by atoms with van der Waals surface area (Å²) >= 11 is 3.68. The SMILES string of the molecule is COc1cc(C2NNC3OC(N)=C(C#N)C4(C(=O)Nc5ccc(C)c(Br)c54)C32)cc(OC)c1OC. The van der Waals surface area contributed by atoms with Crippen LogP contribution in [0.4, 0.5) is 5.69 Å². The van der Waals surface area contributed by atoms with Gasteiger partial charge in [-0.05, 0) is 36.2 Å². The van der Waals surface area contributed by atoms with Gasteiger partial charge in [0.2, 0.25) is 17.5 Å². The Bertz CT molecular complexity index is 1300. The van der Waals surface area contributed by atoms with Crippen LogP contribution in [0.25, 0.3) is 0 Å². The lowest BCUT2D eigenvalue weighted by Gasteiger charge is -2.42. The lowest BCUT2D eigenvalue weighted by Crippen LogP contribution is -2.54. The molecular weight excluding hydrogens is 518 g/mol. The van der Waals surface area contributed by atoms with Crippen molar-refractivity contribution < 1.29 is 23.7 Å². The van der Waals surface area contributed by atoms with Crippen molar-refractivity contribution in [3.63, 3.8) is 0 Å². The molecule has 3 aliphatic heterocycles. The predicted octanol–water partition coefficient (Wildman–Crippen LogP) is 2.49. The van der Waals surface area contributed by atoms with Crippen LogP contribution in [0, 0.1) is 24.2 Å². The van der Waals surface area contributed by atoms with E-state index in [0.29, 0.717) is 28.5 Å². The molecule has 10 nitrogen and oxygen atoms in total. The number of rotatable bonds is 4. The number of amides is 1. The topological polar surface area (TPSA) is 140 Å².